The van der Waals surface area contributed by atoms with Crippen LogP contribution in [0.5, 0.6) is 0 Å². The Morgan fingerprint density at radius 2 is 1.93 bits per heavy atom. The molecule has 3 atom stereocenters. The van der Waals surface area contributed by atoms with E-state index in [1.54, 1.807) is 4.90 Å². The van der Waals surface area contributed by atoms with Crippen molar-refractivity contribution in [3.63, 3.8) is 0 Å². The maximum Gasteiger partial charge on any atom is 0.318 e. The van der Waals surface area contributed by atoms with Crippen molar-refractivity contribution < 1.29 is 28.7 Å². The molecule has 2 fully saturated rings. The topological polar surface area (TPSA) is 131 Å². The summed E-state index contributed by atoms with van der Waals surface area (Å²) in [7, 11) is 1.43. The van der Waals surface area contributed by atoms with Crippen molar-refractivity contribution in [1.82, 2.24) is 15.1 Å². The van der Waals surface area contributed by atoms with Crippen molar-refractivity contribution in [2.75, 3.05) is 40.0 Å². The van der Waals surface area contributed by atoms with E-state index in [4.69, 9.17) is 15.2 Å². The van der Waals surface area contributed by atoms with Gasteiger partial charge in [0.1, 0.15) is 18.7 Å². The molecule has 2 rings (SSSR count). The average Bonchev–Trinajstić information content (AvgIpc) is 3.08. The third kappa shape index (κ3) is 5.66. The summed E-state index contributed by atoms with van der Waals surface area (Å²) >= 11 is 0. The number of nitrogens with two attached hydrogens (primary N) is 1. The number of Topliss-reactive ketones (excluding diaryl/α,β-unsaturated/α-hetero) is 1. The summed E-state index contributed by atoms with van der Waals surface area (Å²) < 4.78 is 10.4. The van der Waals surface area contributed by atoms with Crippen LogP contribution in [-0.4, -0.2) is 91.6 Å². The number of primary amides is 1. The van der Waals surface area contributed by atoms with E-state index in [-0.39, 0.29) is 18.1 Å². The smallest absolute Gasteiger partial charge is 0.318 e. The van der Waals surface area contributed by atoms with Crippen molar-refractivity contribution in [3.8, 4) is 0 Å². The van der Waals surface area contributed by atoms with Gasteiger partial charge in [-0.1, -0.05) is 27.2 Å². The quantitative estimate of drug-likeness (QED) is 0.580. The average molecular weight is 412 g/mol. The standard InChI is InChI=1S/C19H32N4O6/c1-5-19(2,3)10-12(21-18(27)23-6-8-28-9-7-23)17(26)22(4)14-13(24)11-29-15(14)16(20)25/h12,14-15H,5-11H2,1-4H3,(H2,20,25)(H,21,27)/t12-,14?,15?/m0/s1. The Kier molecular flexibility index (Phi) is 7.59. The number of morpholine rings is 1. The summed E-state index contributed by atoms with van der Waals surface area (Å²) in [4.78, 5) is 52.6. The van der Waals surface area contributed by atoms with Gasteiger partial charge in [0, 0.05) is 20.1 Å². The summed E-state index contributed by atoms with van der Waals surface area (Å²) in [5.74, 6) is -1.65. The van der Waals surface area contributed by atoms with Crippen LogP contribution in [0.2, 0.25) is 0 Å². The molecule has 2 heterocycles. The summed E-state index contributed by atoms with van der Waals surface area (Å²) in [6.07, 6.45) is -0.0130. The first-order chi connectivity index (χ1) is 13.6. The first-order valence-corrected chi connectivity index (χ1v) is 9.91. The lowest BCUT2D eigenvalue weighted by Gasteiger charge is -2.35. The molecule has 0 aromatic rings. The molecule has 0 aromatic heterocycles. The molecule has 2 saturated heterocycles. The zero-order chi connectivity index (χ0) is 21.8. The number of hydrogen-bond acceptors (Lipinski definition) is 6. The lowest BCUT2D eigenvalue weighted by Crippen LogP contribution is -2.58. The van der Waals surface area contributed by atoms with Crippen LogP contribution in [0.25, 0.3) is 0 Å². The molecule has 2 unspecified atom stereocenters. The van der Waals surface area contributed by atoms with E-state index in [2.05, 4.69) is 5.32 Å². The van der Waals surface area contributed by atoms with Crippen LogP contribution in [0, 0.1) is 5.41 Å². The van der Waals surface area contributed by atoms with Gasteiger partial charge in [-0.15, -0.1) is 0 Å². The van der Waals surface area contributed by atoms with Crippen LogP contribution in [0.4, 0.5) is 4.79 Å². The van der Waals surface area contributed by atoms with Crippen molar-refractivity contribution >= 4 is 23.6 Å². The number of rotatable bonds is 7. The molecule has 0 radical (unpaired) electrons. The van der Waals surface area contributed by atoms with Gasteiger partial charge >= 0.3 is 6.03 Å². The number of carbonyl (C=O) groups excluding carboxylic acids is 4. The van der Waals surface area contributed by atoms with Crippen molar-refractivity contribution in [2.24, 2.45) is 11.1 Å². The Labute approximate surface area is 171 Å². The Morgan fingerprint density at radius 1 is 1.31 bits per heavy atom. The van der Waals surface area contributed by atoms with E-state index in [0.717, 1.165) is 6.42 Å². The molecule has 10 heteroatoms. The van der Waals surface area contributed by atoms with Gasteiger partial charge in [0.25, 0.3) is 0 Å². The summed E-state index contributed by atoms with van der Waals surface area (Å²) in [5.41, 5.74) is 5.10. The van der Waals surface area contributed by atoms with Crippen LogP contribution >= 0.6 is 0 Å². The van der Waals surface area contributed by atoms with Crippen LogP contribution in [0.3, 0.4) is 0 Å². The number of likely N-dealkylation sites (N-methyl/N-ethyl adjacent to an activating group) is 1. The van der Waals surface area contributed by atoms with Gasteiger partial charge in [0.2, 0.25) is 11.8 Å². The summed E-state index contributed by atoms with van der Waals surface area (Å²) in [6, 6.07) is -2.30. The van der Waals surface area contributed by atoms with Gasteiger partial charge in [0.05, 0.1) is 13.2 Å². The highest BCUT2D eigenvalue weighted by atomic mass is 16.5. The van der Waals surface area contributed by atoms with E-state index in [1.165, 1.54) is 11.9 Å². The zero-order valence-electron chi connectivity index (χ0n) is 17.6. The van der Waals surface area contributed by atoms with Gasteiger partial charge < -0.3 is 30.3 Å². The van der Waals surface area contributed by atoms with E-state index in [0.29, 0.717) is 32.7 Å². The second kappa shape index (κ2) is 9.53. The van der Waals surface area contributed by atoms with E-state index < -0.39 is 35.8 Å². The number of carbonyl (C=O) groups is 4. The number of nitrogens with one attached hydrogen (secondary N) is 1. The molecular formula is C19H32N4O6. The van der Waals surface area contributed by atoms with Crippen LogP contribution in [0.1, 0.15) is 33.6 Å². The Morgan fingerprint density at radius 3 is 2.48 bits per heavy atom. The molecule has 3 N–H and O–H groups in total. The predicted molar refractivity (Wildman–Crippen MR) is 104 cm³/mol. The highest BCUT2D eigenvalue weighted by Crippen LogP contribution is 2.28. The van der Waals surface area contributed by atoms with Crippen molar-refractivity contribution in [2.45, 2.75) is 51.8 Å². The van der Waals surface area contributed by atoms with Gasteiger partial charge in [0.15, 0.2) is 11.9 Å². The predicted octanol–water partition coefficient (Wildman–Crippen LogP) is -0.497. The number of amides is 4. The number of ether oxygens (including phenoxy) is 2. The normalized spacial score (nSPS) is 23.6. The Bertz CT molecular complexity index is 647. The lowest BCUT2D eigenvalue weighted by atomic mass is 9.82. The van der Waals surface area contributed by atoms with Crippen LogP contribution < -0.4 is 11.1 Å². The van der Waals surface area contributed by atoms with E-state index in [1.807, 2.05) is 20.8 Å². The molecule has 29 heavy (non-hydrogen) atoms. The zero-order valence-corrected chi connectivity index (χ0v) is 17.6. The maximum atomic E-state index is 13.3. The monoisotopic (exact) mass is 412 g/mol. The number of urea groups is 1. The minimum atomic E-state index is -1.19. The van der Waals surface area contributed by atoms with E-state index >= 15 is 0 Å². The highest BCUT2D eigenvalue weighted by molar-refractivity contribution is 5.99. The van der Waals surface area contributed by atoms with E-state index in [9.17, 15) is 19.2 Å². The van der Waals surface area contributed by atoms with Gasteiger partial charge in [-0.2, -0.15) is 0 Å². The third-order valence-corrected chi connectivity index (χ3v) is 5.68. The molecule has 164 valence electrons. The summed E-state index contributed by atoms with van der Waals surface area (Å²) in [6.45, 7) is 7.51. The SMILES string of the molecule is CCC(C)(C)C[C@H](NC(=O)N1CCOCC1)C(=O)N(C)C1C(=O)COC1C(N)=O. The fourth-order valence-electron chi connectivity index (χ4n) is 3.46. The Balaban J connectivity index is 2.19. The molecule has 0 aliphatic carbocycles. The molecule has 10 nitrogen and oxygen atoms in total. The molecule has 4 amide bonds. The van der Waals surface area contributed by atoms with Gasteiger partial charge in [-0.05, 0) is 11.8 Å². The highest BCUT2D eigenvalue weighted by Gasteiger charge is 2.45. The molecule has 2 aliphatic rings. The molecule has 0 spiro atoms. The third-order valence-electron chi connectivity index (χ3n) is 5.68. The second-order valence-electron chi connectivity index (χ2n) is 8.32. The van der Waals surface area contributed by atoms with Gasteiger partial charge in [-0.3, -0.25) is 14.4 Å². The largest absolute Gasteiger partial charge is 0.378 e. The lowest BCUT2D eigenvalue weighted by molar-refractivity contribution is -0.141. The minimum Gasteiger partial charge on any atom is -0.378 e. The maximum absolute atomic E-state index is 13.3. The van der Waals surface area contributed by atoms with Crippen molar-refractivity contribution in [1.29, 1.82) is 0 Å². The number of hydrogen-bond donors (Lipinski definition) is 2. The van der Waals surface area contributed by atoms with Crippen molar-refractivity contribution in [3.05, 3.63) is 0 Å². The Hall–Kier alpha value is -2.20. The number of nitrogens with zero attached hydrogens (tertiary/aromatic N) is 2. The second-order valence-corrected chi connectivity index (χ2v) is 8.32. The van der Waals surface area contributed by atoms with Gasteiger partial charge in [-0.25, -0.2) is 4.79 Å². The van der Waals surface area contributed by atoms with Crippen LogP contribution in [-0.2, 0) is 23.9 Å². The molecular weight excluding hydrogens is 380 g/mol. The molecule has 0 aromatic carbocycles. The first kappa shape index (κ1) is 23.1. The molecule has 0 bridgehead atoms. The molecule has 0 saturated carbocycles. The fourth-order valence-corrected chi connectivity index (χ4v) is 3.46. The summed E-state index contributed by atoms with van der Waals surface area (Å²) in [5, 5.41) is 2.81. The molecule has 2 aliphatic heterocycles. The first-order valence-electron chi connectivity index (χ1n) is 9.91. The number of ketones is 1. The van der Waals surface area contributed by atoms with Crippen LogP contribution in [0.15, 0.2) is 0 Å². The fraction of sp³-hybridized carbons (Fsp3) is 0.789. The minimum absolute atomic E-state index is 0.223.